The minimum absolute atomic E-state index is 0.0791. The van der Waals surface area contributed by atoms with Gasteiger partial charge in [0.25, 0.3) is 5.69 Å². The van der Waals surface area contributed by atoms with Gasteiger partial charge in [-0.3, -0.25) is 10.1 Å². The normalized spacial score (nSPS) is 21.8. The predicted octanol–water partition coefficient (Wildman–Crippen LogP) is 1.35. The molecule has 0 unspecified atom stereocenters. The number of benzene rings is 1. The van der Waals surface area contributed by atoms with Gasteiger partial charge < -0.3 is 19.5 Å². The second-order valence-corrected chi connectivity index (χ2v) is 4.37. The van der Waals surface area contributed by atoms with Crippen molar-refractivity contribution in [3.63, 3.8) is 0 Å². The van der Waals surface area contributed by atoms with E-state index in [0.717, 1.165) is 0 Å². The van der Waals surface area contributed by atoms with Crippen molar-refractivity contribution in [1.29, 1.82) is 0 Å². The Kier molecular flexibility index (Phi) is 4.04. The predicted molar refractivity (Wildman–Crippen MR) is 67.9 cm³/mol. The molecule has 2 rings (SSSR count). The maximum Gasteiger partial charge on any atom is 0.407 e. The number of nitro benzene ring substituents is 1. The molecule has 1 heterocycles. The Balaban J connectivity index is 2.10. The molecule has 0 saturated carbocycles. The van der Waals surface area contributed by atoms with Crippen LogP contribution in [0.1, 0.15) is 0 Å². The van der Waals surface area contributed by atoms with Gasteiger partial charge in [0.1, 0.15) is 18.0 Å². The first-order valence-corrected chi connectivity index (χ1v) is 5.93. The number of hydrogen-bond donors (Lipinski definition) is 1. The van der Waals surface area contributed by atoms with Crippen LogP contribution in [0.5, 0.6) is 5.75 Å². The lowest BCUT2D eigenvalue weighted by Gasteiger charge is -2.18. The fourth-order valence-corrected chi connectivity index (χ4v) is 2.08. The zero-order chi connectivity index (χ0) is 14.7. The van der Waals surface area contributed by atoms with Gasteiger partial charge in [0.2, 0.25) is 0 Å². The van der Waals surface area contributed by atoms with Crippen LogP contribution in [-0.4, -0.2) is 53.4 Å². The first-order valence-electron chi connectivity index (χ1n) is 5.93. The van der Waals surface area contributed by atoms with Gasteiger partial charge in [-0.15, -0.1) is 0 Å². The average molecular weight is 282 g/mol. The highest BCUT2D eigenvalue weighted by Gasteiger charge is 2.37. The molecule has 1 aromatic carbocycles. The van der Waals surface area contributed by atoms with Crippen molar-refractivity contribution in [2.24, 2.45) is 0 Å². The van der Waals surface area contributed by atoms with Gasteiger partial charge in [0.05, 0.1) is 24.1 Å². The first kappa shape index (κ1) is 14.1. The molecule has 20 heavy (non-hydrogen) atoms. The smallest absolute Gasteiger partial charge is 0.407 e. The molecule has 108 valence electrons. The number of likely N-dealkylation sites (tertiary alicyclic amines) is 1. The molecule has 0 bridgehead atoms. The van der Waals surface area contributed by atoms with E-state index >= 15 is 0 Å². The largest absolute Gasteiger partial charge is 0.486 e. The third-order valence-electron chi connectivity index (χ3n) is 3.10. The molecule has 1 amide bonds. The quantitative estimate of drug-likeness (QED) is 0.660. The van der Waals surface area contributed by atoms with Crippen molar-refractivity contribution in [2.75, 3.05) is 20.2 Å². The van der Waals surface area contributed by atoms with Crippen molar-refractivity contribution >= 4 is 11.8 Å². The summed E-state index contributed by atoms with van der Waals surface area (Å²) in [6, 6.07) is 5.76. The number of rotatable bonds is 4. The standard InChI is InChI=1S/C12H14N2O6/c1-19-10-6-13(12(15)16)7-11(10)20-9-4-2-3-8(5-9)14(17)18/h2-5,10-11H,6-7H2,1H3,(H,15,16)/t10-,11-/m1/s1. The molecular formula is C12H14N2O6. The summed E-state index contributed by atoms with van der Waals surface area (Å²) < 4.78 is 10.8. The third kappa shape index (κ3) is 2.97. The molecule has 1 N–H and O–H groups in total. The van der Waals surface area contributed by atoms with E-state index in [2.05, 4.69) is 0 Å². The fourth-order valence-electron chi connectivity index (χ4n) is 2.08. The summed E-state index contributed by atoms with van der Waals surface area (Å²) in [6.45, 7) is 0.377. The van der Waals surface area contributed by atoms with Gasteiger partial charge >= 0.3 is 6.09 Å². The molecule has 1 aromatic rings. The van der Waals surface area contributed by atoms with Crippen LogP contribution in [0.15, 0.2) is 24.3 Å². The number of carbonyl (C=O) groups is 1. The molecule has 1 aliphatic heterocycles. The van der Waals surface area contributed by atoms with Crippen LogP contribution in [0.3, 0.4) is 0 Å². The highest BCUT2D eigenvalue weighted by Crippen LogP contribution is 2.24. The third-order valence-corrected chi connectivity index (χ3v) is 3.10. The maximum atomic E-state index is 10.9. The van der Waals surface area contributed by atoms with Gasteiger partial charge in [-0.2, -0.15) is 0 Å². The number of amides is 1. The van der Waals surface area contributed by atoms with Gasteiger partial charge in [-0.25, -0.2) is 4.79 Å². The Hall–Kier alpha value is -2.35. The highest BCUT2D eigenvalue weighted by molar-refractivity contribution is 5.65. The lowest BCUT2D eigenvalue weighted by Crippen LogP contribution is -2.31. The monoisotopic (exact) mass is 282 g/mol. The second kappa shape index (κ2) is 5.74. The van der Waals surface area contributed by atoms with E-state index in [4.69, 9.17) is 14.6 Å². The molecule has 1 fully saturated rings. The van der Waals surface area contributed by atoms with Crippen LogP contribution < -0.4 is 4.74 Å². The van der Waals surface area contributed by atoms with Crippen LogP contribution in [0.2, 0.25) is 0 Å². The maximum absolute atomic E-state index is 10.9. The van der Waals surface area contributed by atoms with Crippen molar-refractivity contribution < 1.29 is 24.3 Å². The summed E-state index contributed by atoms with van der Waals surface area (Å²) in [7, 11) is 1.47. The Morgan fingerprint density at radius 2 is 2.15 bits per heavy atom. The lowest BCUT2D eigenvalue weighted by molar-refractivity contribution is -0.385. The van der Waals surface area contributed by atoms with E-state index in [1.165, 1.54) is 30.2 Å². The number of nitro groups is 1. The van der Waals surface area contributed by atoms with E-state index in [0.29, 0.717) is 5.75 Å². The summed E-state index contributed by atoms with van der Waals surface area (Å²) in [5, 5.41) is 19.6. The Labute approximate surface area is 114 Å². The number of hydrogen-bond acceptors (Lipinski definition) is 5. The van der Waals surface area contributed by atoms with Crippen molar-refractivity contribution in [1.82, 2.24) is 4.90 Å². The van der Waals surface area contributed by atoms with Gasteiger partial charge in [0.15, 0.2) is 0 Å². The summed E-state index contributed by atoms with van der Waals surface area (Å²) in [5.41, 5.74) is -0.0791. The number of non-ortho nitro benzene ring substituents is 1. The number of methoxy groups -OCH3 is 1. The molecule has 1 saturated heterocycles. The highest BCUT2D eigenvalue weighted by atomic mass is 16.6. The molecule has 0 aliphatic carbocycles. The molecule has 1 aliphatic rings. The fraction of sp³-hybridized carbons (Fsp3) is 0.417. The van der Waals surface area contributed by atoms with Crippen molar-refractivity contribution in [3.8, 4) is 5.75 Å². The molecule has 8 nitrogen and oxygen atoms in total. The zero-order valence-electron chi connectivity index (χ0n) is 10.8. The Morgan fingerprint density at radius 1 is 1.45 bits per heavy atom. The molecule has 2 atom stereocenters. The molecule has 8 heteroatoms. The van der Waals surface area contributed by atoms with Gasteiger partial charge in [-0.05, 0) is 6.07 Å². The summed E-state index contributed by atoms with van der Waals surface area (Å²) in [6.07, 6.45) is -1.93. The Bertz CT molecular complexity index is 520. The van der Waals surface area contributed by atoms with E-state index < -0.39 is 23.2 Å². The van der Waals surface area contributed by atoms with Crippen LogP contribution in [0, 0.1) is 10.1 Å². The van der Waals surface area contributed by atoms with Crippen molar-refractivity contribution in [2.45, 2.75) is 12.2 Å². The van der Waals surface area contributed by atoms with Crippen LogP contribution in [-0.2, 0) is 4.74 Å². The van der Waals surface area contributed by atoms with E-state index in [1.807, 2.05) is 0 Å². The molecule has 0 aromatic heterocycles. The van der Waals surface area contributed by atoms with Crippen LogP contribution in [0.4, 0.5) is 10.5 Å². The minimum atomic E-state index is -1.04. The van der Waals surface area contributed by atoms with E-state index in [-0.39, 0.29) is 18.8 Å². The first-order chi connectivity index (χ1) is 9.51. The summed E-state index contributed by atoms with van der Waals surface area (Å²) in [4.78, 5) is 22.3. The van der Waals surface area contributed by atoms with Gasteiger partial charge in [-0.1, -0.05) is 6.07 Å². The van der Waals surface area contributed by atoms with Crippen LogP contribution in [0.25, 0.3) is 0 Å². The lowest BCUT2D eigenvalue weighted by atomic mass is 10.2. The molecular weight excluding hydrogens is 268 g/mol. The molecule has 0 radical (unpaired) electrons. The Morgan fingerprint density at radius 3 is 2.75 bits per heavy atom. The summed E-state index contributed by atoms with van der Waals surface area (Å²) >= 11 is 0. The van der Waals surface area contributed by atoms with E-state index in [9.17, 15) is 14.9 Å². The van der Waals surface area contributed by atoms with Gasteiger partial charge in [0, 0.05) is 13.2 Å². The van der Waals surface area contributed by atoms with Crippen LogP contribution >= 0.6 is 0 Å². The number of ether oxygens (including phenoxy) is 2. The summed E-state index contributed by atoms with van der Waals surface area (Å²) in [5.74, 6) is 0.318. The zero-order valence-corrected chi connectivity index (χ0v) is 10.8. The van der Waals surface area contributed by atoms with E-state index in [1.54, 1.807) is 6.07 Å². The topological polar surface area (TPSA) is 102 Å². The van der Waals surface area contributed by atoms with Crippen molar-refractivity contribution in [3.05, 3.63) is 34.4 Å². The average Bonchev–Trinajstić information content (AvgIpc) is 2.82. The number of nitrogens with zero attached hydrogens (tertiary/aromatic N) is 2. The molecule has 0 spiro atoms. The number of carboxylic acid groups (broad SMARTS) is 1. The SMILES string of the molecule is CO[C@@H]1CN(C(=O)O)C[C@H]1Oc1cccc([N+](=O)[O-])c1. The second-order valence-electron chi connectivity index (χ2n) is 4.37. The minimum Gasteiger partial charge on any atom is -0.486 e.